The Labute approximate surface area is 183 Å². The van der Waals surface area contributed by atoms with Gasteiger partial charge in [0.15, 0.2) is 0 Å². The maximum absolute atomic E-state index is 13.3. The first-order valence-electron chi connectivity index (χ1n) is 9.48. The van der Waals surface area contributed by atoms with Gasteiger partial charge in [0.25, 0.3) is 11.8 Å². The summed E-state index contributed by atoms with van der Waals surface area (Å²) in [4.78, 5) is 27.7. The van der Waals surface area contributed by atoms with Crippen molar-refractivity contribution in [1.29, 1.82) is 0 Å². The fourth-order valence-electron chi connectivity index (χ4n) is 3.31. The molecule has 1 N–H and O–H groups in total. The molecule has 156 valence electrons. The molecule has 4 rings (SSSR count). The predicted octanol–water partition coefficient (Wildman–Crippen LogP) is 4.88. The maximum atomic E-state index is 13.3. The minimum absolute atomic E-state index is 0.100. The van der Waals surface area contributed by atoms with Crippen molar-refractivity contribution in [2.24, 2.45) is 0 Å². The first kappa shape index (κ1) is 20.6. The zero-order valence-electron chi connectivity index (χ0n) is 16.6. The molecule has 1 aliphatic rings. The molecule has 2 amide bonds. The van der Waals surface area contributed by atoms with Crippen LogP contribution in [0.4, 0.5) is 10.1 Å². The smallest absolute Gasteiger partial charge is 0.278 e. The molecule has 31 heavy (non-hydrogen) atoms. The van der Waals surface area contributed by atoms with Crippen molar-refractivity contribution >= 4 is 34.7 Å². The summed E-state index contributed by atoms with van der Waals surface area (Å²) in [6.45, 7) is 0.100. The Balaban J connectivity index is 1.72. The zero-order valence-corrected chi connectivity index (χ0v) is 17.3. The summed E-state index contributed by atoms with van der Waals surface area (Å²) in [6, 6.07) is 19.4. The standard InChI is InChI=1S/C24H18ClFN2O3/c1-31-20-12-4-16(5-13-20)21-22(27-19-10-8-18(26)9-11-19)24(30)28(23(21)29)14-15-2-6-17(25)7-3-15/h2-13,27H,14H2,1H3. The van der Waals surface area contributed by atoms with Gasteiger partial charge in [-0.15, -0.1) is 0 Å². The van der Waals surface area contributed by atoms with Gasteiger partial charge in [0.05, 0.1) is 19.2 Å². The molecule has 0 atom stereocenters. The monoisotopic (exact) mass is 436 g/mol. The van der Waals surface area contributed by atoms with Crippen LogP contribution in [0.25, 0.3) is 5.57 Å². The van der Waals surface area contributed by atoms with Crippen LogP contribution in [-0.2, 0) is 16.1 Å². The van der Waals surface area contributed by atoms with Gasteiger partial charge in [0.1, 0.15) is 17.3 Å². The van der Waals surface area contributed by atoms with Gasteiger partial charge in [0, 0.05) is 10.7 Å². The van der Waals surface area contributed by atoms with E-state index in [2.05, 4.69) is 5.32 Å². The summed E-state index contributed by atoms with van der Waals surface area (Å²) in [5.74, 6) is -0.648. The number of hydrogen-bond donors (Lipinski definition) is 1. The van der Waals surface area contributed by atoms with E-state index in [1.807, 2.05) is 0 Å². The lowest BCUT2D eigenvalue weighted by atomic mass is 10.0. The fourth-order valence-corrected chi connectivity index (χ4v) is 3.44. The Hall–Kier alpha value is -3.64. The van der Waals surface area contributed by atoms with Gasteiger partial charge in [-0.25, -0.2) is 4.39 Å². The maximum Gasteiger partial charge on any atom is 0.278 e. The van der Waals surface area contributed by atoms with E-state index in [0.29, 0.717) is 22.0 Å². The summed E-state index contributed by atoms with van der Waals surface area (Å²) in [5, 5.41) is 3.57. The number of anilines is 1. The van der Waals surface area contributed by atoms with Crippen LogP contribution >= 0.6 is 11.6 Å². The quantitative estimate of drug-likeness (QED) is 0.559. The molecule has 0 spiro atoms. The molecule has 0 aromatic heterocycles. The third-order valence-corrected chi connectivity index (χ3v) is 5.17. The van der Waals surface area contributed by atoms with Gasteiger partial charge in [-0.05, 0) is 59.7 Å². The molecule has 3 aromatic rings. The first-order chi connectivity index (χ1) is 15.0. The number of imide groups is 1. The van der Waals surface area contributed by atoms with E-state index in [9.17, 15) is 14.0 Å². The number of benzene rings is 3. The lowest BCUT2D eigenvalue weighted by Crippen LogP contribution is -2.32. The van der Waals surface area contributed by atoms with Gasteiger partial charge >= 0.3 is 0 Å². The van der Waals surface area contributed by atoms with E-state index >= 15 is 0 Å². The van der Waals surface area contributed by atoms with Gasteiger partial charge in [0.2, 0.25) is 0 Å². The number of halogens is 2. The largest absolute Gasteiger partial charge is 0.497 e. The Kier molecular flexibility index (Phi) is 5.73. The molecule has 1 heterocycles. The minimum atomic E-state index is -0.463. The number of nitrogens with one attached hydrogen (secondary N) is 1. The molecule has 0 fully saturated rings. The van der Waals surface area contributed by atoms with Gasteiger partial charge in [-0.3, -0.25) is 14.5 Å². The average molecular weight is 437 g/mol. The number of carbonyl (C=O) groups is 2. The number of ether oxygens (including phenoxy) is 1. The van der Waals surface area contributed by atoms with Crippen LogP contribution in [0.15, 0.2) is 78.5 Å². The van der Waals surface area contributed by atoms with E-state index in [1.165, 1.54) is 29.2 Å². The highest BCUT2D eigenvalue weighted by molar-refractivity contribution is 6.36. The van der Waals surface area contributed by atoms with E-state index in [-0.39, 0.29) is 17.8 Å². The number of nitrogens with zero attached hydrogens (tertiary/aromatic N) is 1. The molecule has 0 saturated carbocycles. The number of rotatable bonds is 6. The second-order valence-corrected chi connectivity index (χ2v) is 7.37. The topological polar surface area (TPSA) is 58.6 Å². The molecule has 0 bridgehead atoms. The van der Waals surface area contributed by atoms with Crippen LogP contribution in [0, 0.1) is 5.82 Å². The summed E-state index contributed by atoms with van der Waals surface area (Å²) < 4.78 is 18.5. The second kappa shape index (κ2) is 8.62. The highest BCUT2D eigenvalue weighted by Gasteiger charge is 2.39. The zero-order chi connectivity index (χ0) is 22.0. The average Bonchev–Trinajstić information content (AvgIpc) is 3.01. The number of amides is 2. The highest BCUT2D eigenvalue weighted by atomic mass is 35.5. The minimum Gasteiger partial charge on any atom is -0.497 e. The van der Waals surface area contributed by atoms with Gasteiger partial charge in [-0.2, -0.15) is 0 Å². The van der Waals surface area contributed by atoms with Crippen molar-refractivity contribution in [2.75, 3.05) is 12.4 Å². The number of hydrogen-bond acceptors (Lipinski definition) is 4. The first-order valence-corrected chi connectivity index (χ1v) is 9.86. The van der Waals surface area contributed by atoms with Crippen LogP contribution in [0.1, 0.15) is 11.1 Å². The van der Waals surface area contributed by atoms with Crippen LogP contribution in [0.3, 0.4) is 0 Å². The Bertz CT molecular complexity index is 1160. The van der Waals surface area contributed by atoms with Crippen molar-refractivity contribution in [3.8, 4) is 5.75 Å². The molecule has 0 radical (unpaired) electrons. The molecule has 3 aromatic carbocycles. The van der Waals surface area contributed by atoms with Gasteiger partial charge in [-0.1, -0.05) is 35.9 Å². The summed E-state index contributed by atoms with van der Waals surface area (Å²) in [5.41, 5.74) is 2.21. The molecule has 0 aliphatic carbocycles. The van der Waals surface area contributed by atoms with E-state index < -0.39 is 17.6 Å². The molecular formula is C24H18ClFN2O3. The Morgan fingerprint density at radius 1 is 0.903 bits per heavy atom. The van der Waals surface area contributed by atoms with E-state index in [0.717, 1.165) is 5.56 Å². The van der Waals surface area contributed by atoms with Crippen LogP contribution in [-0.4, -0.2) is 23.8 Å². The van der Waals surface area contributed by atoms with Crippen LogP contribution < -0.4 is 10.1 Å². The molecule has 7 heteroatoms. The third kappa shape index (κ3) is 4.29. The molecule has 0 unspecified atom stereocenters. The number of carbonyl (C=O) groups excluding carboxylic acids is 2. The fraction of sp³-hybridized carbons (Fsp3) is 0.0833. The van der Waals surface area contributed by atoms with Crippen molar-refractivity contribution in [3.63, 3.8) is 0 Å². The molecule has 0 saturated heterocycles. The molecular weight excluding hydrogens is 419 g/mol. The summed E-state index contributed by atoms with van der Waals surface area (Å²) in [6.07, 6.45) is 0. The Morgan fingerprint density at radius 3 is 2.16 bits per heavy atom. The SMILES string of the molecule is COc1ccc(C2=C(Nc3ccc(F)cc3)C(=O)N(Cc3ccc(Cl)cc3)C2=O)cc1. The molecule has 1 aliphatic heterocycles. The summed E-state index contributed by atoms with van der Waals surface area (Å²) in [7, 11) is 1.55. The van der Waals surface area contributed by atoms with Gasteiger partial charge < -0.3 is 10.1 Å². The van der Waals surface area contributed by atoms with Crippen molar-refractivity contribution < 1.29 is 18.7 Å². The van der Waals surface area contributed by atoms with E-state index in [1.54, 1.807) is 55.6 Å². The van der Waals surface area contributed by atoms with Crippen molar-refractivity contribution in [2.45, 2.75) is 6.54 Å². The molecule has 5 nitrogen and oxygen atoms in total. The third-order valence-electron chi connectivity index (χ3n) is 4.91. The Morgan fingerprint density at radius 2 is 1.55 bits per heavy atom. The predicted molar refractivity (Wildman–Crippen MR) is 117 cm³/mol. The lowest BCUT2D eigenvalue weighted by Gasteiger charge is -2.15. The second-order valence-electron chi connectivity index (χ2n) is 6.93. The van der Waals surface area contributed by atoms with Crippen LogP contribution in [0.5, 0.6) is 5.75 Å². The van der Waals surface area contributed by atoms with E-state index in [4.69, 9.17) is 16.3 Å². The number of methoxy groups -OCH3 is 1. The van der Waals surface area contributed by atoms with Crippen molar-refractivity contribution in [3.05, 3.63) is 100 Å². The van der Waals surface area contributed by atoms with Crippen molar-refractivity contribution in [1.82, 2.24) is 4.90 Å². The highest BCUT2D eigenvalue weighted by Crippen LogP contribution is 2.32. The normalized spacial score (nSPS) is 13.7. The van der Waals surface area contributed by atoms with Crippen LogP contribution in [0.2, 0.25) is 5.02 Å². The summed E-state index contributed by atoms with van der Waals surface area (Å²) >= 11 is 5.94. The lowest BCUT2D eigenvalue weighted by molar-refractivity contribution is -0.137.